The van der Waals surface area contributed by atoms with E-state index in [0.717, 1.165) is 43.1 Å². The molecule has 2 aliphatic heterocycles. The van der Waals surface area contributed by atoms with Gasteiger partial charge in [-0.2, -0.15) is 11.8 Å². The number of para-hydroxylation sites is 1. The van der Waals surface area contributed by atoms with Gasteiger partial charge in [-0.1, -0.05) is 18.2 Å². The van der Waals surface area contributed by atoms with Crippen molar-refractivity contribution in [1.29, 1.82) is 0 Å². The highest BCUT2D eigenvalue weighted by Crippen LogP contribution is 2.46. The first-order valence-corrected chi connectivity index (χ1v) is 11.2. The van der Waals surface area contributed by atoms with Crippen molar-refractivity contribution in [3.8, 4) is 5.75 Å². The van der Waals surface area contributed by atoms with Gasteiger partial charge in [0.05, 0.1) is 18.8 Å². The Balaban J connectivity index is 1.35. The van der Waals surface area contributed by atoms with E-state index in [0.29, 0.717) is 35.5 Å². The van der Waals surface area contributed by atoms with Gasteiger partial charge in [-0.05, 0) is 67.6 Å². The molecule has 0 saturated carbocycles. The SMILES string of the molecule is CN(O)C(=O)CCCCSC[C@@H]1[C@H](CCOc2ccccc2)[C@@H]2CC[C@H]1O2. The molecule has 3 rings (SSSR count). The number of ether oxygens (including phenoxy) is 2. The minimum absolute atomic E-state index is 0.208. The number of carbonyl (C=O) groups is 1. The summed E-state index contributed by atoms with van der Waals surface area (Å²) in [6, 6.07) is 10.0. The maximum atomic E-state index is 11.4. The molecular weight excluding hydrogens is 362 g/mol. The Kier molecular flexibility index (Phi) is 7.85. The average Bonchev–Trinajstić information content (AvgIpc) is 3.27. The van der Waals surface area contributed by atoms with Crippen molar-refractivity contribution in [2.24, 2.45) is 11.8 Å². The van der Waals surface area contributed by atoms with Crippen LogP contribution >= 0.6 is 11.8 Å². The van der Waals surface area contributed by atoms with Crippen LogP contribution in [0.1, 0.15) is 38.5 Å². The Morgan fingerprint density at radius 1 is 1.22 bits per heavy atom. The highest BCUT2D eigenvalue weighted by molar-refractivity contribution is 7.99. The van der Waals surface area contributed by atoms with Crippen molar-refractivity contribution >= 4 is 17.7 Å². The number of hydrogen-bond donors (Lipinski definition) is 1. The average molecular weight is 394 g/mol. The topological polar surface area (TPSA) is 59.0 Å². The molecule has 6 heteroatoms. The Labute approximate surface area is 166 Å². The van der Waals surface area contributed by atoms with Crippen molar-refractivity contribution in [3.63, 3.8) is 0 Å². The zero-order valence-corrected chi connectivity index (χ0v) is 16.9. The number of thioether (sulfide) groups is 1. The van der Waals surface area contributed by atoms with Gasteiger partial charge in [0.25, 0.3) is 0 Å². The molecule has 0 spiro atoms. The van der Waals surface area contributed by atoms with Crippen molar-refractivity contribution < 1.29 is 19.5 Å². The molecule has 4 atom stereocenters. The van der Waals surface area contributed by atoms with Gasteiger partial charge in [-0.15, -0.1) is 0 Å². The molecule has 1 amide bonds. The number of nitrogens with zero attached hydrogens (tertiary/aromatic N) is 1. The highest BCUT2D eigenvalue weighted by Gasteiger charge is 2.48. The van der Waals surface area contributed by atoms with Crippen LogP contribution in [0.15, 0.2) is 30.3 Å². The summed E-state index contributed by atoms with van der Waals surface area (Å²) in [4.78, 5) is 11.4. The summed E-state index contributed by atoms with van der Waals surface area (Å²) < 4.78 is 12.1. The molecule has 0 unspecified atom stereocenters. The first-order valence-electron chi connectivity index (χ1n) is 10.0. The van der Waals surface area contributed by atoms with Crippen LogP contribution in [0, 0.1) is 11.8 Å². The number of hydroxylamine groups is 2. The summed E-state index contributed by atoms with van der Waals surface area (Å²) in [6.45, 7) is 0.749. The summed E-state index contributed by atoms with van der Waals surface area (Å²) in [5.41, 5.74) is 0. The van der Waals surface area contributed by atoms with Crippen LogP contribution in [-0.2, 0) is 9.53 Å². The molecule has 0 radical (unpaired) electrons. The number of amides is 1. The fraction of sp³-hybridized carbons (Fsp3) is 0.667. The molecule has 27 heavy (non-hydrogen) atoms. The lowest BCUT2D eigenvalue weighted by atomic mass is 9.79. The van der Waals surface area contributed by atoms with E-state index >= 15 is 0 Å². The fourth-order valence-electron chi connectivity index (χ4n) is 4.19. The largest absolute Gasteiger partial charge is 0.494 e. The zero-order chi connectivity index (χ0) is 19.1. The quantitative estimate of drug-likeness (QED) is 0.350. The van der Waals surface area contributed by atoms with E-state index in [4.69, 9.17) is 14.7 Å². The molecule has 2 heterocycles. The van der Waals surface area contributed by atoms with Gasteiger partial charge in [-0.25, -0.2) is 5.06 Å². The van der Waals surface area contributed by atoms with Gasteiger partial charge in [-0.3, -0.25) is 10.0 Å². The number of rotatable bonds is 11. The lowest BCUT2D eigenvalue weighted by molar-refractivity contribution is -0.159. The first kappa shape index (κ1) is 20.5. The standard InChI is InChI=1S/C21H31NO4S/c1-22(24)21(23)9-5-6-14-27-15-18-17(19-10-11-20(18)26-19)12-13-25-16-7-3-2-4-8-16/h2-4,7-8,17-20,24H,5-6,9-15H2,1H3/t17-,18+,19-,20+/m0/s1. The number of benzene rings is 1. The van der Waals surface area contributed by atoms with Crippen LogP contribution < -0.4 is 4.74 Å². The van der Waals surface area contributed by atoms with E-state index in [-0.39, 0.29) is 5.91 Å². The van der Waals surface area contributed by atoms with E-state index in [1.165, 1.54) is 19.9 Å². The monoisotopic (exact) mass is 393 g/mol. The number of fused-ring (bicyclic) bond motifs is 2. The van der Waals surface area contributed by atoms with Crippen molar-refractivity contribution in [3.05, 3.63) is 30.3 Å². The summed E-state index contributed by atoms with van der Waals surface area (Å²) in [5, 5.41) is 9.74. The molecule has 1 N–H and O–H groups in total. The third-order valence-electron chi connectivity index (χ3n) is 5.65. The van der Waals surface area contributed by atoms with Crippen LogP contribution in [0.25, 0.3) is 0 Å². The smallest absolute Gasteiger partial charge is 0.245 e. The van der Waals surface area contributed by atoms with Gasteiger partial charge in [0.2, 0.25) is 5.91 Å². The molecule has 0 aliphatic carbocycles. The second-order valence-electron chi connectivity index (χ2n) is 7.52. The van der Waals surface area contributed by atoms with Crippen LogP contribution in [0.3, 0.4) is 0 Å². The van der Waals surface area contributed by atoms with Crippen LogP contribution in [0.4, 0.5) is 0 Å². The molecular formula is C21H31NO4S. The van der Waals surface area contributed by atoms with Crippen LogP contribution in [0.2, 0.25) is 0 Å². The van der Waals surface area contributed by atoms with Gasteiger partial charge >= 0.3 is 0 Å². The van der Waals surface area contributed by atoms with E-state index in [1.807, 2.05) is 42.1 Å². The Morgan fingerprint density at radius 2 is 1.96 bits per heavy atom. The third kappa shape index (κ3) is 5.87. The third-order valence-corrected chi connectivity index (χ3v) is 6.85. The summed E-state index contributed by atoms with van der Waals surface area (Å²) >= 11 is 1.98. The molecule has 2 bridgehead atoms. The molecule has 150 valence electrons. The second-order valence-corrected chi connectivity index (χ2v) is 8.67. The fourth-order valence-corrected chi connectivity index (χ4v) is 5.50. The molecule has 5 nitrogen and oxygen atoms in total. The zero-order valence-electron chi connectivity index (χ0n) is 16.1. The van der Waals surface area contributed by atoms with Crippen LogP contribution in [0.5, 0.6) is 5.75 Å². The normalized spacial score (nSPS) is 26.3. The van der Waals surface area contributed by atoms with E-state index in [2.05, 4.69) is 0 Å². The Hall–Kier alpha value is -1.24. The molecule has 1 aromatic carbocycles. The van der Waals surface area contributed by atoms with Crippen molar-refractivity contribution in [2.75, 3.05) is 25.2 Å². The predicted octanol–water partition coefficient (Wildman–Crippen LogP) is 4.00. The van der Waals surface area contributed by atoms with E-state index in [1.54, 1.807) is 0 Å². The van der Waals surface area contributed by atoms with Gasteiger partial charge in [0.15, 0.2) is 0 Å². The maximum absolute atomic E-state index is 11.4. The first-order chi connectivity index (χ1) is 13.1. The summed E-state index contributed by atoms with van der Waals surface area (Å²) in [7, 11) is 1.38. The van der Waals surface area contributed by atoms with Crippen LogP contribution in [-0.4, -0.2) is 53.5 Å². The lowest BCUT2D eigenvalue weighted by Gasteiger charge is -2.27. The van der Waals surface area contributed by atoms with Gasteiger partial charge in [0, 0.05) is 13.5 Å². The van der Waals surface area contributed by atoms with Crippen molar-refractivity contribution in [2.45, 2.75) is 50.7 Å². The molecule has 2 saturated heterocycles. The second kappa shape index (κ2) is 10.3. The number of hydrogen-bond acceptors (Lipinski definition) is 5. The Morgan fingerprint density at radius 3 is 2.70 bits per heavy atom. The lowest BCUT2D eigenvalue weighted by Crippen LogP contribution is -2.30. The molecule has 0 aromatic heterocycles. The molecule has 2 aliphatic rings. The summed E-state index contributed by atoms with van der Waals surface area (Å²) in [6.07, 6.45) is 6.54. The summed E-state index contributed by atoms with van der Waals surface area (Å²) in [5.74, 6) is 4.15. The number of carbonyl (C=O) groups excluding carboxylic acids is 1. The Bertz CT molecular complexity index is 583. The highest BCUT2D eigenvalue weighted by atomic mass is 32.2. The number of unbranched alkanes of at least 4 members (excludes halogenated alkanes) is 1. The maximum Gasteiger partial charge on any atom is 0.245 e. The minimum atomic E-state index is -0.208. The molecule has 1 aromatic rings. The van der Waals surface area contributed by atoms with E-state index in [9.17, 15) is 4.79 Å². The van der Waals surface area contributed by atoms with Gasteiger partial charge in [0.1, 0.15) is 5.75 Å². The predicted molar refractivity (Wildman–Crippen MR) is 107 cm³/mol. The minimum Gasteiger partial charge on any atom is -0.494 e. The van der Waals surface area contributed by atoms with Crippen molar-refractivity contribution in [1.82, 2.24) is 5.06 Å². The molecule has 2 fully saturated rings. The van der Waals surface area contributed by atoms with Gasteiger partial charge < -0.3 is 9.47 Å². The van der Waals surface area contributed by atoms with E-state index < -0.39 is 0 Å².